The molecule has 2 aromatic carbocycles. The molecule has 1 atom stereocenters. The first-order valence-electron chi connectivity index (χ1n) is 12.1. The Morgan fingerprint density at radius 3 is 2.53 bits per heavy atom. The summed E-state index contributed by atoms with van der Waals surface area (Å²) in [5, 5.41) is 0.608. The number of ether oxygens (including phenoxy) is 1. The first kappa shape index (κ1) is 27.8. The number of benzene rings is 2. The highest BCUT2D eigenvalue weighted by Crippen LogP contribution is 2.36. The molecule has 1 unspecified atom stereocenters. The lowest BCUT2D eigenvalue weighted by atomic mass is 10.1. The predicted octanol–water partition coefficient (Wildman–Crippen LogP) is 4.98. The summed E-state index contributed by atoms with van der Waals surface area (Å²) in [5.41, 5.74) is 1.34. The summed E-state index contributed by atoms with van der Waals surface area (Å²) in [4.78, 5) is 36.9. The molecule has 0 spiro atoms. The third kappa shape index (κ3) is 5.96. The number of rotatable bonds is 10. The SMILES string of the molecule is CCOc1cccc2sc(N(CCN(CC)CC)C(=O)C3CC(=O)N(c4ccc(F)cc4)C3)nc12.Cl. The number of halogens is 2. The van der Waals surface area contributed by atoms with Gasteiger partial charge in [0.25, 0.3) is 0 Å². The Balaban J connectivity index is 0.00000361. The van der Waals surface area contributed by atoms with Gasteiger partial charge in [-0.15, -0.1) is 12.4 Å². The number of likely N-dealkylation sites (N-methyl/N-ethyl adjacent to an activating group) is 1. The van der Waals surface area contributed by atoms with Gasteiger partial charge < -0.3 is 14.5 Å². The zero-order chi connectivity index (χ0) is 24.9. The molecule has 1 fully saturated rings. The second-order valence-electron chi connectivity index (χ2n) is 8.43. The maximum atomic E-state index is 13.8. The molecular weight excluding hydrogens is 503 g/mol. The first-order chi connectivity index (χ1) is 16.9. The van der Waals surface area contributed by atoms with Crippen molar-refractivity contribution in [3.05, 3.63) is 48.3 Å². The fourth-order valence-corrected chi connectivity index (χ4v) is 5.36. The molecule has 4 rings (SSSR count). The van der Waals surface area contributed by atoms with Crippen LogP contribution in [0.2, 0.25) is 0 Å². The van der Waals surface area contributed by atoms with Gasteiger partial charge in [0.05, 0.1) is 17.2 Å². The van der Waals surface area contributed by atoms with Crippen molar-refractivity contribution in [2.45, 2.75) is 27.2 Å². The van der Waals surface area contributed by atoms with Crippen LogP contribution in [0.4, 0.5) is 15.2 Å². The van der Waals surface area contributed by atoms with Crippen LogP contribution in [-0.2, 0) is 9.59 Å². The Morgan fingerprint density at radius 2 is 1.86 bits per heavy atom. The Labute approximate surface area is 221 Å². The average molecular weight is 535 g/mol. The predicted molar refractivity (Wildman–Crippen MR) is 145 cm³/mol. The number of nitrogens with zero attached hydrogens (tertiary/aromatic N) is 4. The molecule has 0 N–H and O–H groups in total. The molecule has 0 saturated carbocycles. The smallest absolute Gasteiger partial charge is 0.234 e. The number of thiazole rings is 1. The number of hydrogen-bond donors (Lipinski definition) is 0. The Bertz CT molecular complexity index is 1190. The standard InChI is InChI=1S/C26H31FN4O3S.ClH/c1-4-29(5-2)14-15-30(26-28-24-21(34-6-3)8-7-9-22(24)35-26)25(33)18-16-23(32)31(17-18)20-12-10-19(27)11-13-20;/h7-13,18H,4-6,14-17H2,1-3H3;1H. The van der Waals surface area contributed by atoms with Gasteiger partial charge in [0.15, 0.2) is 5.13 Å². The molecule has 0 aliphatic carbocycles. The second-order valence-corrected chi connectivity index (χ2v) is 9.44. The minimum absolute atomic E-state index is 0. The van der Waals surface area contributed by atoms with Crippen molar-refractivity contribution in [3.8, 4) is 5.75 Å². The monoisotopic (exact) mass is 534 g/mol. The van der Waals surface area contributed by atoms with Gasteiger partial charge >= 0.3 is 0 Å². The highest BCUT2D eigenvalue weighted by Gasteiger charge is 2.38. The van der Waals surface area contributed by atoms with Crippen molar-refractivity contribution in [2.24, 2.45) is 5.92 Å². The van der Waals surface area contributed by atoms with Gasteiger partial charge in [-0.25, -0.2) is 9.37 Å². The van der Waals surface area contributed by atoms with Gasteiger partial charge in [0.2, 0.25) is 11.8 Å². The van der Waals surface area contributed by atoms with E-state index in [0.717, 1.165) is 23.3 Å². The minimum Gasteiger partial charge on any atom is -0.492 e. The highest BCUT2D eigenvalue weighted by atomic mass is 35.5. The number of carbonyl (C=O) groups excluding carboxylic acids is 2. The fraction of sp³-hybridized carbons (Fsp3) is 0.423. The van der Waals surface area contributed by atoms with E-state index in [4.69, 9.17) is 9.72 Å². The van der Waals surface area contributed by atoms with Crippen molar-refractivity contribution in [2.75, 3.05) is 49.1 Å². The largest absolute Gasteiger partial charge is 0.492 e. The number of anilines is 2. The van der Waals surface area contributed by atoms with E-state index < -0.39 is 5.92 Å². The third-order valence-electron chi connectivity index (χ3n) is 6.31. The summed E-state index contributed by atoms with van der Waals surface area (Å²) in [6, 6.07) is 11.6. The summed E-state index contributed by atoms with van der Waals surface area (Å²) in [6.45, 7) is 9.85. The average Bonchev–Trinajstić information content (AvgIpc) is 3.47. The van der Waals surface area contributed by atoms with Crippen molar-refractivity contribution in [1.29, 1.82) is 0 Å². The topological polar surface area (TPSA) is 66.0 Å². The Morgan fingerprint density at radius 1 is 1.14 bits per heavy atom. The molecule has 0 bridgehead atoms. The van der Waals surface area contributed by atoms with Crippen molar-refractivity contribution in [1.82, 2.24) is 9.88 Å². The van der Waals surface area contributed by atoms with E-state index in [1.165, 1.54) is 23.5 Å². The van der Waals surface area contributed by atoms with Gasteiger partial charge in [0, 0.05) is 31.7 Å². The summed E-state index contributed by atoms with van der Waals surface area (Å²) in [7, 11) is 0. The van der Waals surface area contributed by atoms with Crippen LogP contribution >= 0.6 is 23.7 Å². The number of fused-ring (bicyclic) bond motifs is 1. The van der Waals surface area contributed by atoms with E-state index in [2.05, 4.69) is 18.7 Å². The van der Waals surface area contributed by atoms with E-state index >= 15 is 0 Å². The van der Waals surface area contributed by atoms with Crippen LogP contribution in [0.1, 0.15) is 27.2 Å². The molecule has 1 aliphatic rings. The van der Waals surface area contributed by atoms with Crippen LogP contribution in [0.25, 0.3) is 10.2 Å². The second kappa shape index (κ2) is 12.5. The molecule has 1 saturated heterocycles. The van der Waals surface area contributed by atoms with Crippen LogP contribution < -0.4 is 14.5 Å². The first-order valence-corrected chi connectivity index (χ1v) is 12.9. The number of hydrogen-bond acceptors (Lipinski definition) is 6. The highest BCUT2D eigenvalue weighted by molar-refractivity contribution is 7.22. The normalized spacial score (nSPS) is 15.4. The zero-order valence-corrected chi connectivity index (χ0v) is 22.4. The van der Waals surface area contributed by atoms with E-state index in [9.17, 15) is 14.0 Å². The quantitative estimate of drug-likeness (QED) is 0.367. The van der Waals surface area contributed by atoms with E-state index in [-0.39, 0.29) is 43.0 Å². The summed E-state index contributed by atoms with van der Waals surface area (Å²) in [5.74, 6) is -0.420. The van der Waals surface area contributed by atoms with Crippen molar-refractivity contribution >= 4 is 56.6 Å². The van der Waals surface area contributed by atoms with Crippen molar-refractivity contribution < 1.29 is 18.7 Å². The van der Waals surface area contributed by atoms with Gasteiger partial charge in [-0.2, -0.15) is 0 Å². The van der Waals surface area contributed by atoms with Crippen LogP contribution in [0.15, 0.2) is 42.5 Å². The Hall–Kier alpha value is -2.75. The van der Waals surface area contributed by atoms with E-state index in [1.54, 1.807) is 21.9 Å². The van der Waals surface area contributed by atoms with E-state index in [1.807, 2.05) is 25.1 Å². The molecule has 194 valence electrons. The van der Waals surface area contributed by atoms with Crippen molar-refractivity contribution in [3.63, 3.8) is 0 Å². The molecule has 0 radical (unpaired) electrons. The fourth-order valence-electron chi connectivity index (χ4n) is 4.34. The Kier molecular flexibility index (Phi) is 9.64. The van der Waals surface area contributed by atoms with Crippen LogP contribution in [0, 0.1) is 11.7 Å². The lowest BCUT2D eigenvalue weighted by molar-refractivity contribution is -0.124. The maximum absolute atomic E-state index is 13.8. The van der Waals surface area contributed by atoms with Crippen LogP contribution in [0.3, 0.4) is 0 Å². The molecule has 2 heterocycles. The lowest BCUT2D eigenvalue weighted by Crippen LogP contribution is -2.42. The zero-order valence-electron chi connectivity index (χ0n) is 20.8. The van der Waals surface area contributed by atoms with E-state index in [0.29, 0.717) is 36.3 Å². The summed E-state index contributed by atoms with van der Waals surface area (Å²) in [6.07, 6.45) is 0.118. The third-order valence-corrected chi connectivity index (χ3v) is 7.36. The molecule has 3 aromatic rings. The summed E-state index contributed by atoms with van der Waals surface area (Å²) < 4.78 is 20.1. The summed E-state index contributed by atoms with van der Waals surface area (Å²) >= 11 is 1.45. The maximum Gasteiger partial charge on any atom is 0.234 e. The molecule has 10 heteroatoms. The van der Waals surface area contributed by atoms with Crippen LogP contribution in [-0.4, -0.2) is 61.0 Å². The number of amides is 2. The minimum atomic E-state index is -0.498. The number of aromatic nitrogens is 1. The van der Waals surface area contributed by atoms with Gasteiger partial charge in [-0.05, 0) is 56.4 Å². The number of para-hydroxylation sites is 1. The number of carbonyl (C=O) groups is 2. The molecule has 1 aliphatic heterocycles. The van der Waals surface area contributed by atoms with Gasteiger partial charge in [-0.1, -0.05) is 31.3 Å². The molecule has 1 aromatic heterocycles. The van der Waals surface area contributed by atoms with Gasteiger partial charge in [0.1, 0.15) is 17.1 Å². The molecule has 36 heavy (non-hydrogen) atoms. The lowest BCUT2D eigenvalue weighted by Gasteiger charge is -2.26. The molecule has 2 amide bonds. The molecule has 7 nitrogen and oxygen atoms in total. The van der Waals surface area contributed by atoms with Crippen LogP contribution in [0.5, 0.6) is 5.75 Å². The van der Waals surface area contributed by atoms with Gasteiger partial charge in [-0.3, -0.25) is 14.5 Å². The molecular formula is C26H32ClFN4O3S.